The summed E-state index contributed by atoms with van der Waals surface area (Å²) in [5.41, 5.74) is -1.58. The van der Waals surface area contributed by atoms with Gasteiger partial charge in [0.05, 0.1) is 16.0 Å². The SMILES string of the molecule is O=[N+]([O-])c1ccc(-c2ncc3ccccc3n2)c(C(F)(F)F)c1. The normalized spacial score (nSPS) is 11.6. The van der Waals surface area contributed by atoms with Crippen molar-refractivity contribution in [1.82, 2.24) is 9.97 Å². The smallest absolute Gasteiger partial charge is 0.258 e. The highest BCUT2D eigenvalue weighted by atomic mass is 19.4. The second-order valence-corrected chi connectivity index (χ2v) is 4.74. The average molecular weight is 319 g/mol. The summed E-state index contributed by atoms with van der Waals surface area (Å²) in [6.07, 6.45) is -3.34. The summed E-state index contributed by atoms with van der Waals surface area (Å²) in [7, 11) is 0. The molecule has 0 fully saturated rings. The molecule has 0 N–H and O–H groups in total. The minimum absolute atomic E-state index is 0.133. The lowest BCUT2D eigenvalue weighted by Gasteiger charge is -2.12. The number of para-hydroxylation sites is 1. The molecular weight excluding hydrogens is 311 g/mol. The molecule has 1 aromatic heterocycles. The minimum atomic E-state index is -4.75. The minimum Gasteiger partial charge on any atom is -0.258 e. The number of rotatable bonds is 2. The lowest BCUT2D eigenvalue weighted by molar-refractivity contribution is -0.385. The predicted molar refractivity (Wildman–Crippen MR) is 76.6 cm³/mol. The van der Waals surface area contributed by atoms with Crippen LogP contribution in [-0.4, -0.2) is 14.9 Å². The highest BCUT2D eigenvalue weighted by molar-refractivity contribution is 5.80. The summed E-state index contributed by atoms with van der Waals surface area (Å²) in [6, 6.07) is 9.37. The fourth-order valence-electron chi connectivity index (χ4n) is 2.18. The van der Waals surface area contributed by atoms with Crippen molar-refractivity contribution < 1.29 is 18.1 Å². The molecule has 0 bridgehead atoms. The van der Waals surface area contributed by atoms with Gasteiger partial charge in [0, 0.05) is 29.3 Å². The summed E-state index contributed by atoms with van der Waals surface area (Å²) in [4.78, 5) is 17.9. The van der Waals surface area contributed by atoms with Crippen molar-refractivity contribution in [3.05, 3.63) is 64.3 Å². The van der Waals surface area contributed by atoms with E-state index in [-0.39, 0.29) is 11.4 Å². The van der Waals surface area contributed by atoms with Gasteiger partial charge in [-0.05, 0) is 12.1 Å². The number of hydrogen-bond donors (Lipinski definition) is 0. The van der Waals surface area contributed by atoms with Crippen LogP contribution in [0.2, 0.25) is 0 Å². The molecule has 0 unspecified atom stereocenters. The van der Waals surface area contributed by atoms with E-state index in [1.807, 2.05) is 0 Å². The molecule has 116 valence electrons. The van der Waals surface area contributed by atoms with Gasteiger partial charge in [-0.15, -0.1) is 0 Å². The van der Waals surface area contributed by atoms with E-state index in [4.69, 9.17) is 0 Å². The first-order chi connectivity index (χ1) is 10.9. The number of nitro benzene ring substituents is 1. The van der Waals surface area contributed by atoms with Gasteiger partial charge in [0.25, 0.3) is 5.69 Å². The molecule has 0 atom stereocenters. The van der Waals surface area contributed by atoms with E-state index >= 15 is 0 Å². The van der Waals surface area contributed by atoms with E-state index in [0.717, 1.165) is 12.1 Å². The standard InChI is InChI=1S/C15H8F3N3O2/c16-15(17,18)12-7-10(21(22)23)5-6-11(12)14-19-8-9-3-1-2-4-13(9)20-14/h1-8H. The largest absolute Gasteiger partial charge is 0.417 e. The van der Waals surface area contributed by atoms with Crippen LogP contribution in [-0.2, 0) is 6.18 Å². The number of alkyl halides is 3. The van der Waals surface area contributed by atoms with E-state index in [9.17, 15) is 23.3 Å². The van der Waals surface area contributed by atoms with Crippen LogP contribution in [0.15, 0.2) is 48.7 Å². The molecule has 0 amide bonds. The Kier molecular flexibility index (Phi) is 3.44. The van der Waals surface area contributed by atoms with Crippen LogP contribution in [0.3, 0.4) is 0 Å². The number of aromatic nitrogens is 2. The number of hydrogen-bond acceptors (Lipinski definition) is 4. The van der Waals surface area contributed by atoms with Crippen LogP contribution in [0.25, 0.3) is 22.3 Å². The summed E-state index contributed by atoms with van der Waals surface area (Å²) >= 11 is 0. The van der Waals surface area contributed by atoms with Crippen molar-refractivity contribution in [2.75, 3.05) is 0 Å². The quantitative estimate of drug-likeness (QED) is 0.524. The summed E-state index contributed by atoms with van der Waals surface area (Å²) in [5, 5.41) is 11.4. The Morgan fingerprint density at radius 3 is 2.52 bits per heavy atom. The van der Waals surface area contributed by atoms with Crippen LogP contribution in [0.1, 0.15) is 5.56 Å². The van der Waals surface area contributed by atoms with Gasteiger partial charge in [0.15, 0.2) is 5.82 Å². The van der Waals surface area contributed by atoms with Gasteiger partial charge >= 0.3 is 6.18 Å². The number of fused-ring (bicyclic) bond motifs is 1. The van der Waals surface area contributed by atoms with Crippen molar-refractivity contribution >= 4 is 16.6 Å². The Labute approximate surface area is 127 Å². The van der Waals surface area contributed by atoms with Crippen LogP contribution >= 0.6 is 0 Å². The second kappa shape index (κ2) is 5.31. The Morgan fingerprint density at radius 2 is 1.83 bits per heavy atom. The van der Waals surface area contributed by atoms with E-state index in [1.54, 1.807) is 24.3 Å². The van der Waals surface area contributed by atoms with Crippen molar-refractivity contribution in [2.45, 2.75) is 6.18 Å². The second-order valence-electron chi connectivity index (χ2n) is 4.74. The van der Waals surface area contributed by atoms with Crippen molar-refractivity contribution in [2.24, 2.45) is 0 Å². The zero-order valence-electron chi connectivity index (χ0n) is 11.4. The van der Waals surface area contributed by atoms with Gasteiger partial charge in [0.1, 0.15) is 0 Å². The fraction of sp³-hybridized carbons (Fsp3) is 0.0667. The lowest BCUT2D eigenvalue weighted by Crippen LogP contribution is -2.09. The summed E-state index contributed by atoms with van der Waals surface area (Å²) < 4.78 is 39.6. The molecule has 0 aliphatic rings. The van der Waals surface area contributed by atoms with Gasteiger partial charge in [0.2, 0.25) is 0 Å². The third-order valence-corrected chi connectivity index (χ3v) is 3.25. The molecule has 5 nitrogen and oxygen atoms in total. The highest BCUT2D eigenvalue weighted by Crippen LogP contribution is 2.38. The Balaban J connectivity index is 2.22. The van der Waals surface area contributed by atoms with Crippen LogP contribution in [0.4, 0.5) is 18.9 Å². The molecular formula is C15H8F3N3O2. The Hall–Kier alpha value is -3.03. The molecule has 1 heterocycles. The maximum Gasteiger partial charge on any atom is 0.417 e. The predicted octanol–water partition coefficient (Wildman–Crippen LogP) is 4.22. The zero-order valence-corrected chi connectivity index (χ0v) is 11.4. The first-order valence-electron chi connectivity index (χ1n) is 6.44. The van der Waals surface area contributed by atoms with E-state index in [2.05, 4.69) is 9.97 Å². The Bertz CT molecular complexity index is 910. The number of nitro groups is 1. The van der Waals surface area contributed by atoms with E-state index < -0.39 is 22.4 Å². The number of benzene rings is 2. The van der Waals surface area contributed by atoms with Crippen molar-refractivity contribution in [3.8, 4) is 11.4 Å². The molecule has 3 rings (SSSR count). The third kappa shape index (κ3) is 2.83. The fourth-order valence-corrected chi connectivity index (χ4v) is 2.18. The molecule has 0 spiro atoms. The van der Waals surface area contributed by atoms with Crippen molar-refractivity contribution in [3.63, 3.8) is 0 Å². The molecule has 3 aromatic rings. The van der Waals surface area contributed by atoms with Crippen LogP contribution in [0, 0.1) is 10.1 Å². The van der Waals surface area contributed by atoms with Gasteiger partial charge in [-0.25, -0.2) is 9.97 Å². The lowest BCUT2D eigenvalue weighted by atomic mass is 10.0. The monoisotopic (exact) mass is 319 g/mol. The van der Waals surface area contributed by atoms with E-state index in [0.29, 0.717) is 17.0 Å². The first-order valence-corrected chi connectivity index (χ1v) is 6.44. The first kappa shape index (κ1) is 14.9. The summed E-state index contributed by atoms with van der Waals surface area (Å²) in [5.74, 6) is -0.133. The maximum absolute atomic E-state index is 13.2. The average Bonchev–Trinajstić information content (AvgIpc) is 2.53. The maximum atomic E-state index is 13.2. The van der Waals surface area contributed by atoms with Gasteiger partial charge in [-0.2, -0.15) is 13.2 Å². The van der Waals surface area contributed by atoms with Crippen LogP contribution < -0.4 is 0 Å². The number of halogens is 3. The third-order valence-electron chi connectivity index (χ3n) is 3.25. The number of nitrogens with zero attached hydrogens (tertiary/aromatic N) is 3. The highest BCUT2D eigenvalue weighted by Gasteiger charge is 2.36. The van der Waals surface area contributed by atoms with Gasteiger partial charge in [-0.3, -0.25) is 10.1 Å². The molecule has 8 heteroatoms. The Morgan fingerprint density at radius 1 is 1.09 bits per heavy atom. The molecule has 0 aliphatic carbocycles. The molecule has 0 saturated carbocycles. The van der Waals surface area contributed by atoms with Gasteiger partial charge < -0.3 is 0 Å². The molecule has 0 radical (unpaired) electrons. The van der Waals surface area contributed by atoms with E-state index in [1.165, 1.54) is 6.20 Å². The zero-order chi connectivity index (χ0) is 16.6. The summed E-state index contributed by atoms with van der Waals surface area (Å²) in [6.45, 7) is 0. The van der Waals surface area contributed by atoms with Crippen LogP contribution in [0.5, 0.6) is 0 Å². The van der Waals surface area contributed by atoms with Gasteiger partial charge in [-0.1, -0.05) is 18.2 Å². The molecule has 2 aromatic carbocycles. The molecule has 0 saturated heterocycles. The number of non-ortho nitro benzene ring substituents is 1. The topological polar surface area (TPSA) is 68.9 Å². The molecule has 0 aliphatic heterocycles. The molecule has 23 heavy (non-hydrogen) atoms. The van der Waals surface area contributed by atoms with Crippen molar-refractivity contribution in [1.29, 1.82) is 0 Å².